The van der Waals surface area contributed by atoms with Gasteiger partial charge in [0.15, 0.2) is 5.92 Å². The van der Waals surface area contributed by atoms with Gasteiger partial charge < -0.3 is 4.90 Å². The highest BCUT2D eigenvalue weighted by Crippen LogP contribution is 2.20. The van der Waals surface area contributed by atoms with E-state index in [0.717, 1.165) is 10.5 Å². The van der Waals surface area contributed by atoms with Crippen molar-refractivity contribution in [3.05, 3.63) is 29.8 Å². The summed E-state index contributed by atoms with van der Waals surface area (Å²) in [5, 5.41) is 2.20. The summed E-state index contributed by atoms with van der Waals surface area (Å²) in [6, 6.07) is 6.20. The van der Waals surface area contributed by atoms with Gasteiger partial charge in [0.1, 0.15) is 0 Å². The number of aryl methyl sites for hydroxylation is 1. The van der Waals surface area contributed by atoms with Crippen LogP contribution in [0.4, 0.5) is 10.5 Å². The third-order valence-corrected chi connectivity index (χ3v) is 3.43. The number of rotatable bonds is 5. The third-order valence-electron chi connectivity index (χ3n) is 3.43. The number of carbonyl (C=O) groups excluding carboxylic acids is 3. The second-order valence-electron chi connectivity index (χ2n) is 5.64. The van der Waals surface area contributed by atoms with Crippen LogP contribution in [0, 0.1) is 12.8 Å². The molecule has 0 radical (unpaired) electrons. The van der Waals surface area contributed by atoms with Gasteiger partial charge in [-0.3, -0.25) is 19.9 Å². The van der Waals surface area contributed by atoms with Crippen LogP contribution in [0.3, 0.4) is 0 Å². The van der Waals surface area contributed by atoms with Crippen LogP contribution in [0.25, 0.3) is 0 Å². The molecule has 1 aliphatic rings. The summed E-state index contributed by atoms with van der Waals surface area (Å²) in [5.74, 6) is -2.32. The Kier molecular flexibility index (Phi) is 5.23. The van der Waals surface area contributed by atoms with Crippen LogP contribution in [0.2, 0.25) is 0 Å². The fourth-order valence-electron chi connectivity index (χ4n) is 2.10. The number of imide groups is 2. The highest BCUT2D eigenvalue weighted by atomic mass is 16.2. The van der Waals surface area contributed by atoms with Gasteiger partial charge in [0.05, 0.1) is 12.2 Å². The minimum absolute atomic E-state index is 0.428. The Balaban J connectivity index is 2.18. The number of hydrogen-bond acceptors (Lipinski definition) is 5. The first-order chi connectivity index (χ1) is 10.9. The van der Waals surface area contributed by atoms with Crippen molar-refractivity contribution < 1.29 is 14.4 Å². The number of nitrogens with zero attached hydrogens (tertiary/aromatic N) is 3. The lowest BCUT2D eigenvalue weighted by Crippen LogP contribution is -2.58. The van der Waals surface area contributed by atoms with Crippen molar-refractivity contribution in [1.82, 2.24) is 10.2 Å². The molecule has 1 aromatic rings. The fraction of sp³-hybridized carbons (Fsp3) is 0.375. The van der Waals surface area contributed by atoms with Gasteiger partial charge in [-0.15, -0.1) is 0 Å². The summed E-state index contributed by atoms with van der Waals surface area (Å²) < 4.78 is 0. The maximum absolute atomic E-state index is 12.5. The zero-order valence-electron chi connectivity index (χ0n) is 13.4. The molecule has 0 spiro atoms. The Labute approximate surface area is 135 Å². The van der Waals surface area contributed by atoms with E-state index < -0.39 is 23.8 Å². The van der Waals surface area contributed by atoms with E-state index >= 15 is 0 Å². The van der Waals surface area contributed by atoms with Crippen molar-refractivity contribution in [3.63, 3.8) is 0 Å². The molecule has 0 aromatic heterocycles. The van der Waals surface area contributed by atoms with Crippen LogP contribution >= 0.6 is 0 Å². The topological polar surface area (TPSA) is 82.1 Å². The van der Waals surface area contributed by atoms with Crippen molar-refractivity contribution in [1.29, 1.82) is 0 Å². The molecule has 0 saturated carbocycles. The standard InChI is InChI=1S/C16H20N4O3/c1-11-4-6-12(7-5-11)20-15(22)13(14(21)18-16(20)23)10-17-8-9-19(2)3/h4-7,10,13H,8-9H2,1-3H3,(H,18,21,23)/t13-/m0/s1. The summed E-state index contributed by atoms with van der Waals surface area (Å²) in [6.07, 6.45) is 1.31. The lowest BCUT2D eigenvalue weighted by atomic mass is 10.1. The lowest BCUT2D eigenvalue weighted by molar-refractivity contribution is -0.131. The molecule has 0 bridgehead atoms. The molecule has 23 heavy (non-hydrogen) atoms. The lowest BCUT2D eigenvalue weighted by Gasteiger charge is -2.28. The Hall–Kier alpha value is -2.54. The maximum Gasteiger partial charge on any atom is 0.335 e. The zero-order valence-corrected chi connectivity index (χ0v) is 13.4. The Bertz CT molecular complexity index is 637. The molecule has 0 unspecified atom stereocenters. The molecule has 1 atom stereocenters. The van der Waals surface area contributed by atoms with E-state index in [2.05, 4.69) is 10.3 Å². The van der Waals surface area contributed by atoms with Crippen molar-refractivity contribution in [2.75, 3.05) is 32.1 Å². The number of amides is 4. The van der Waals surface area contributed by atoms with Crippen molar-refractivity contribution >= 4 is 29.7 Å². The third kappa shape index (κ3) is 4.01. The van der Waals surface area contributed by atoms with Crippen LogP contribution in [0.5, 0.6) is 0 Å². The fourth-order valence-corrected chi connectivity index (χ4v) is 2.10. The molecule has 4 amide bonds. The molecule has 1 aromatic carbocycles. The van der Waals surface area contributed by atoms with E-state index in [1.807, 2.05) is 25.9 Å². The van der Waals surface area contributed by atoms with Gasteiger partial charge >= 0.3 is 6.03 Å². The molecule has 1 fully saturated rings. The number of benzene rings is 1. The first-order valence-electron chi connectivity index (χ1n) is 7.30. The number of anilines is 1. The van der Waals surface area contributed by atoms with Crippen molar-refractivity contribution in [2.24, 2.45) is 10.9 Å². The Morgan fingerprint density at radius 2 is 1.87 bits per heavy atom. The largest absolute Gasteiger partial charge is 0.335 e. The maximum atomic E-state index is 12.5. The molecule has 7 nitrogen and oxygen atoms in total. The summed E-state index contributed by atoms with van der Waals surface area (Å²) in [7, 11) is 3.82. The van der Waals surface area contributed by atoms with Gasteiger partial charge in [-0.25, -0.2) is 9.69 Å². The molecular formula is C16H20N4O3. The van der Waals surface area contributed by atoms with E-state index in [1.165, 1.54) is 6.21 Å². The highest BCUT2D eigenvalue weighted by Gasteiger charge is 2.40. The minimum atomic E-state index is -1.09. The SMILES string of the molecule is Cc1ccc(N2C(=O)NC(=O)[C@H](C=NCCN(C)C)C2=O)cc1. The molecule has 7 heteroatoms. The molecular weight excluding hydrogens is 296 g/mol. The van der Waals surface area contributed by atoms with Gasteiger partial charge in [0.2, 0.25) is 5.91 Å². The van der Waals surface area contributed by atoms with E-state index in [9.17, 15) is 14.4 Å². The quantitative estimate of drug-likeness (QED) is 0.644. The summed E-state index contributed by atoms with van der Waals surface area (Å²) >= 11 is 0. The number of urea groups is 1. The number of barbiturate groups is 1. The molecule has 1 saturated heterocycles. The van der Waals surface area contributed by atoms with Gasteiger partial charge in [-0.05, 0) is 33.2 Å². The van der Waals surface area contributed by atoms with Crippen LogP contribution in [0.15, 0.2) is 29.3 Å². The molecule has 1 aliphatic heterocycles. The second kappa shape index (κ2) is 7.15. The first kappa shape index (κ1) is 16.8. The molecule has 1 N–H and O–H groups in total. The minimum Gasteiger partial charge on any atom is -0.308 e. The van der Waals surface area contributed by atoms with E-state index in [0.29, 0.717) is 18.8 Å². The van der Waals surface area contributed by atoms with E-state index in [4.69, 9.17) is 0 Å². The van der Waals surface area contributed by atoms with Gasteiger partial charge in [0, 0.05) is 12.8 Å². The predicted molar refractivity (Wildman–Crippen MR) is 87.6 cm³/mol. The van der Waals surface area contributed by atoms with Gasteiger partial charge in [0.25, 0.3) is 5.91 Å². The Morgan fingerprint density at radius 3 is 2.48 bits per heavy atom. The molecule has 122 valence electrons. The molecule has 1 heterocycles. The number of carbonyl (C=O) groups is 3. The molecule has 0 aliphatic carbocycles. The highest BCUT2D eigenvalue weighted by molar-refractivity contribution is 6.32. The normalized spacial score (nSPS) is 18.9. The number of likely N-dealkylation sites (N-methyl/N-ethyl adjacent to an activating group) is 1. The monoisotopic (exact) mass is 316 g/mol. The average molecular weight is 316 g/mol. The molecule has 2 rings (SSSR count). The summed E-state index contributed by atoms with van der Waals surface area (Å²) in [4.78, 5) is 43.4. The number of aliphatic imine (C=N–C) groups is 1. The summed E-state index contributed by atoms with van der Waals surface area (Å²) in [5.41, 5.74) is 1.44. The van der Waals surface area contributed by atoms with E-state index in [1.54, 1.807) is 24.3 Å². The van der Waals surface area contributed by atoms with Crippen molar-refractivity contribution in [2.45, 2.75) is 6.92 Å². The summed E-state index contributed by atoms with van der Waals surface area (Å²) in [6.45, 7) is 3.09. The smallest absolute Gasteiger partial charge is 0.308 e. The van der Waals surface area contributed by atoms with Crippen LogP contribution < -0.4 is 10.2 Å². The van der Waals surface area contributed by atoms with Crippen molar-refractivity contribution in [3.8, 4) is 0 Å². The average Bonchev–Trinajstić information content (AvgIpc) is 2.47. The number of hydrogen-bond donors (Lipinski definition) is 1. The van der Waals surface area contributed by atoms with Crippen LogP contribution in [-0.4, -0.2) is 56.1 Å². The van der Waals surface area contributed by atoms with Gasteiger partial charge in [-0.1, -0.05) is 17.7 Å². The van der Waals surface area contributed by atoms with Crippen LogP contribution in [0.1, 0.15) is 5.56 Å². The number of nitrogens with one attached hydrogen (secondary N) is 1. The zero-order chi connectivity index (χ0) is 17.0. The van der Waals surface area contributed by atoms with Gasteiger partial charge in [-0.2, -0.15) is 0 Å². The Morgan fingerprint density at radius 1 is 1.22 bits per heavy atom. The second-order valence-corrected chi connectivity index (χ2v) is 5.64. The predicted octanol–water partition coefficient (Wildman–Crippen LogP) is 0.826. The van der Waals surface area contributed by atoms with Crippen LogP contribution in [-0.2, 0) is 9.59 Å². The van der Waals surface area contributed by atoms with E-state index in [-0.39, 0.29) is 0 Å². The first-order valence-corrected chi connectivity index (χ1v) is 7.30.